The molecule has 1 atom stereocenters. The van der Waals surface area contributed by atoms with Gasteiger partial charge in [0, 0.05) is 25.3 Å². The normalized spacial score (nSPS) is 19.0. The van der Waals surface area contributed by atoms with Crippen LogP contribution in [0, 0.1) is 5.92 Å². The SMILES string of the molecule is CCCS(=O)(=O)NCC1CCN(c2ccc(OC)cc2)C1. The molecule has 1 unspecified atom stereocenters. The third-order valence-corrected chi connectivity index (χ3v) is 5.34. The summed E-state index contributed by atoms with van der Waals surface area (Å²) in [5.41, 5.74) is 1.16. The second-order valence-electron chi connectivity index (χ2n) is 5.47. The fraction of sp³-hybridized carbons (Fsp3) is 0.600. The van der Waals surface area contributed by atoms with Gasteiger partial charge in [-0.1, -0.05) is 6.92 Å². The molecule has 1 aromatic rings. The first-order chi connectivity index (χ1) is 10.0. The van der Waals surface area contributed by atoms with E-state index in [9.17, 15) is 8.42 Å². The molecular formula is C15H24N2O3S. The molecule has 1 aromatic carbocycles. The summed E-state index contributed by atoms with van der Waals surface area (Å²) in [4.78, 5) is 2.29. The zero-order valence-corrected chi connectivity index (χ0v) is 13.5. The average molecular weight is 312 g/mol. The molecule has 0 spiro atoms. The Kier molecular flexibility index (Phi) is 5.47. The Morgan fingerprint density at radius 1 is 1.33 bits per heavy atom. The van der Waals surface area contributed by atoms with Crippen molar-refractivity contribution >= 4 is 15.7 Å². The minimum atomic E-state index is -3.10. The Morgan fingerprint density at radius 2 is 2.05 bits per heavy atom. The summed E-state index contributed by atoms with van der Waals surface area (Å²) in [6.07, 6.45) is 1.67. The van der Waals surface area contributed by atoms with E-state index in [0.29, 0.717) is 18.9 Å². The fourth-order valence-electron chi connectivity index (χ4n) is 2.61. The van der Waals surface area contributed by atoms with E-state index in [4.69, 9.17) is 4.74 Å². The molecule has 0 saturated carbocycles. The highest BCUT2D eigenvalue weighted by atomic mass is 32.2. The molecule has 118 valence electrons. The smallest absolute Gasteiger partial charge is 0.211 e. The summed E-state index contributed by atoms with van der Waals surface area (Å²) in [7, 11) is -1.44. The van der Waals surface area contributed by atoms with Gasteiger partial charge in [0.2, 0.25) is 10.0 Å². The number of sulfonamides is 1. The standard InChI is InChI=1S/C15H24N2O3S/c1-3-10-21(18,19)16-11-13-8-9-17(12-13)14-4-6-15(20-2)7-5-14/h4-7,13,16H,3,8-12H2,1-2H3. The van der Waals surface area contributed by atoms with E-state index in [0.717, 1.165) is 30.9 Å². The van der Waals surface area contributed by atoms with Gasteiger partial charge in [-0.3, -0.25) is 0 Å². The molecule has 0 amide bonds. The van der Waals surface area contributed by atoms with E-state index < -0.39 is 10.0 Å². The second-order valence-corrected chi connectivity index (χ2v) is 7.39. The summed E-state index contributed by atoms with van der Waals surface area (Å²) in [6.45, 7) is 4.27. The Balaban J connectivity index is 1.85. The summed E-state index contributed by atoms with van der Waals surface area (Å²) >= 11 is 0. The minimum Gasteiger partial charge on any atom is -0.497 e. The zero-order chi connectivity index (χ0) is 15.3. The van der Waals surface area contributed by atoms with Crippen LogP contribution in [0.25, 0.3) is 0 Å². The van der Waals surface area contributed by atoms with Gasteiger partial charge in [-0.05, 0) is 43.0 Å². The predicted molar refractivity (Wildman–Crippen MR) is 85.4 cm³/mol. The van der Waals surface area contributed by atoms with Crippen LogP contribution in [-0.4, -0.2) is 40.9 Å². The maximum Gasteiger partial charge on any atom is 0.211 e. The van der Waals surface area contributed by atoms with E-state index in [1.165, 1.54) is 0 Å². The minimum absolute atomic E-state index is 0.210. The second kappa shape index (κ2) is 7.13. The number of ether oxygens (including phenoxy) is 1. The maximum atomic E-state index is 11.7. The lowest BCUT2D eigenvalue weighted by atomic mass is 10.1. The molecule has 1 aliphatic heterocycles. The zero-order valence-electron chi connectivity index (χ0n) is 12.7. The van der Waals surface area contributed by atoms with Crippen LogP contribution in [0.4, 0.5) is 5.69 Å². The lowest BCUT2D eigenvalue weighted by Gasteiger charge is -2.19. The fourth-order valence-corrected chi connectivity index (χ4v) is 3.78. The highest BCUT2D eigenvalue weighted by molar-refractivity contribution is 7.89. The van der Waals surface area contributed by atoms with Crippen LogP contribution < -0.4 is 14.4 Å². The molecule has 1 fully saturated rings. The van der Waals surface area contributed by atoms with Crippen molar-refractivity contribution in [2.75, 3.05) is 37.4 Å². The molecule has 0 aromatic heterocycles. The average Bonchev–Trinajstić information content (AvgIpc) is 2.94. The van der Waals surface area contributed by atoms with Crippen LogP contribution in [0.1, 0.15) is 19.8 Å². The first-order valence-corrected chi connectivity index (χ1v) is 9.05. The molecule has 2 rings (SSSR count). The highest BCUT2D eigenvalue weighted by Crippen LogP contribution is 2.25. The molecule has 0 bridgehead atoms. The van der Waals surface area contributed by atoms with E-state index in [-0.39, 0.29) is 5.75 Å². The van der Waals surface area contributed by atoms with E-state index in [2.05, 4.69) is 9.62 Å². The molecule has 0 radical (unpaired) electrons. The predicted octanol–water partition coefficient (Wildman–Crippen LogP) is 1.85. The maximum absolute atomic E-state index is 11.7. The lowest BCUT2D eigenvalue weighted by molar-refractivity contribution is 0.415. The van der Waals surface area contributed by atoms with Gasteiger partial charge in [-0.2, -0.15) is 0 Å². The van der Waals surface area contributed by atoms with Crippen LogP contribution in [0.15, 0.2) is 24.3 Å². The highest BCUT2D eigenvalue weighted by Gasteiger charge is 2.24. The van der Waals surface area contributed by atoms with Crippen LogP contribution >= 0.6 is 0 Å². The van der Waals surface area contributed by atoms with Gasteiger partial charge in [-0.15, -0.1) is 0 Å². The number of hydrogen-bond acceptors (Lipinski definition) is 4. The quantitative estimate of drug-likeness (QED) is 0.835. The van der Waals surface area contributed by atoms with Crippen molar-refractivity contribution in [2.45, 2.75) is 19.8 Å². The molecule has 6 heteroatoms. The number of methoxy groups -OCH3 is 1. The van der Waals surface area contributed by atoms with Crippen molar-refractivity contribution < 1.29 is 13.2 Å². The van der Waals surface area contributed by atoms with Crippen molar-refractivity contribution in [3.05, 3.63) is 24.3 Å². The number of benzene rings is 1. The first-order valence-electron chi connectivity index (χ1n) is 7.40. The molecule has 1 aliphatic rings. The van der Waals surface area contributed by atoms with Crippen LogP contribution in [0.2, 0.25) is 0 Å². The van der Waals surface area contributed by atoms with Crippen molar-refractivity contribution in [3.63, 3.8) is 0 Å². The number of anilines is 1. The van der Waals surface area contributed by atoms with Crippen LogP contribution in [0.3, 0.4) is 0 Å². The number of hydrogen-bond donors (Lipinski definition) is 1. The van der Waals surface area contributed by atoms with Crippen molar-refractivity contribution in [3.8, 4) is 5.75 Å². The third kappa shape index (κ3) is 4.61. The number of nitrogens with one attached hydrogen (secondary N) is 1. The van der Waals surface area contributed by atoms with Gasteiger partial charge in [-0.25, -0.2) is 13.1 Å². The Labute approximate surface area is 127 Å². The third-order valence-electron chi connectivity index (χ3n) is 3.79. The Bertz CT molecular complexity index is 543. The monoisotopic (exact) mass is 312 g/mol. The summed E-state index contributed by atoms with van der Waals surface area (Å²) in [6, 6.07) is 7.99. The van der Waals surface area contributed by atoms with Crippen LogP contribution in [-0.2, 0) is 10.0 Å². The first kappa shape index (κ1) is 16.1. The van der Waals surface area contributed by atoms with Gasteiger partial charge < -0.3 is 9.64 Å². The molecular weight excluding hydrogens is 288 g/mol. The molecule has 1 heterocycles. The van der Waals surface area contributed by atoms with Crippen LogP contribution in [0.5, 0.6) is 5.75 Å². The van der Waals surface area contributed by atoms with Crippen molar-refractivity contribution in [2.24, 2.45) is 5.92 Å². The summed E-state index contributed by atoms with van der Waals surface area (Å²) in [5.74, 6) is 1.43. The molecule has 1 saturated heterocycles. The lowest BCUT2D eigenvalue weighted by Crippen LogP contribution is -2.32. The van der Waals surface area contributed by atoms with Gasteiger partial charge >= 0.3 is 0 Å². The summed E-state index contributed by atoms with van der Waals surface area (Å²) < 4.78 is 31.2. The molecule has 0 aliphatic carbocycles. The van der Waals surface area contributed by atoms with Gasteiger partial charge in [0.1, 0.15) is 5.75 Å². The van der Waals surface area contributed by atoms with Gasteiger partial charge in [0.05, 0.1) is 12.9 Å². The van der Waals surface area contributed by atoms with Crippen molar-refractivity contribution in [1.82, 2.24) is 4.72 Å². The largest absolute Gasteiger partial charge is 0.497 e. The van der Waals surface area contributed by atoms with E-state index in [1.54, 1.807) is 7.11 Å². The van der Waals surface area contributed by atoms with E-state index >= 15 is 0 Å². The molecule has 21 heavy (non-hydrogen) atoms. The molecule has 1 N–H and O–H groups in total. The van der Waals surface area contributed by atoms with Crippen molar-refractivity contribution in [1.29, 1.82) is 0 Å². The number of nitrogens with zero attached hydrogens (tertiary/aromatic N) is 1. The number of rotatable bonds is 7. The topological polar surface area (TPSA) is 58.6 Å². The summed E-state index contributed by atoms with van der Waals surface area (Å²) in [5, 5.41) is 0. The van der Waals surface area contributed by atoms with Gasteiger partial charge in [0.15, 0.2) is 0 Å². The van der Waals surface area contributed by atoms with E-state index in [1.807, 2.05) is 31.2 Å². The van der Waals surface area contributed by atoms with Gasteiger partial charge in [0.25, 0.3) is 0 Å². The Hall–Kier alpha value is -1.27. The Morgan fingerprint density at radius 3 is 2.67 bits per heavy atom. The molecule has 5 nitrogen and oxygen atoms in total.